The second-order valence-corrected chi connectivity index (χ2v) is 8.09. The first kappa shape index (κ1) is 29.1. The van der Waals surface area contributed by atoms with Gasteiger partial charge in [-0.25, -0.2) is 0 Å². The molecule has 1 aliphatic carbocycles. The van der Waals surface area contributed by atoms with Crippen LogP contribution < -0.4 is 5.32 Å². The maximum atomic E-state index is 8.00. The van der Waals surface area contributed by atoms with Crippen LogP contribution in [0.25, 0.3) is 0 Å². The molecule has 0 aromatic rings. The maximum Gasteiger partial charge on any atom is 0.236 e. The van der Waals surface area contributed by atoms with Crippen LogP contribution in [-0.2, 0) is 19.0 Å². The second kappa shape index (κ2) is 17.3. The molecule has 0 unspecified atom stereocenters. The fourth-order valence-electron chi connectivity index (χ4n) is 3.87. The molecule has 0 aromatic heterocycles. The Hall–Kier alpha value is -3.16. The van der Waals surface area contributed by atoms with E-state index in [1.54, 1.807) is 20.3 Å². The molecule has 1 N–H and O–H groups in total. The van der Waals surface area contributed by atoms with Gasteiger partial charge in [0.1, 0.15) is 25.2 Å². The molecular formula is C28H38N4O4. The van der Waals surface area contributed by atoms with Crippen LogP contribution in [0.1, 0.15) is 19.8 Å². The van der Waals surface area contributed by atoms with Gasteiger partial charge in [0, 0.05) is 46.6 Å². The van der Waals surface area contributed by atoms with E-state index in [-0.39, 0.29) is 6.10 Å². The summed E-state index contributed by atoms with van der Waals surface area (Å²) in [6.07, 6.45) is 18.0. The Bertz CT molecular complexity index is 970. The van der Waals surface area contributed by atoms with E-state index < -0.39 is 0 Å². The molecule has 3 rings (SSSR count). The van der Waals surface area contributed by atoms with Crippen molar-refractivity contribution in [2.75, 3.05) is 53.6 Å². The Morgan fingerprint density at radius 3 is 2.69 bits per heavy atom. The molecule has 0 saturated carbocycles. The highest BCUT2D eigenvalue weighted by Gasteiger charge is 2.20. The molecule has 36 heavy (non-hydrogen) atoms. The zero-order chi connectivity index (χ0) is 26.0. The number of carbonyl (C=O) groups is 1. The minimum absolute atomic E-state index is 0.0134. The van der Waals surface area contributed by atoms with Crippen LogP contribution in [0.2, 0.25) is 0 Å². The molecule has 2 saturated heterocycles. The molecular weight excluding hydrogens is 456 g/mol. The van der Waals surface area contributed by atoms with Crippen LogP contribution in [-0.4, -0.2) is 83.8 Å². The average molecular weight is 495 g/mol. The molecule has 0 aromatic carbocycles. The summed E-state index contributed by atoms with van der Waals surface area (Å²) in [5.74, 6) is 0.950. The SMILES string of the molecule is C=O.CC=CN=C(/C=C/C1=CC=C=C(C2CCOCC2)C=C1)C(=NC)C(=NC)OC[C@@H]1CNCCO1. The summed E-state index contributed by atoms with van der Waals surface area (Å²) in [4.78, 5) is 21.4. The highest BCUT2D eigenvalue weighted by Crippen LogP contribution is 2.25. The summed E-state index contributed by atoms with van der Waals surface area (Å²) < 4.78 is 17.2. The Morgan fingerprint density at radius 2 is 2.03 bits per heavy atom. The van der Waals surface area contributed by atoms with Crippen molar-refractivity contribution in [3.05, 3.63) is 65.6 Å². The molecule has 2 aliphatic heterocycles. The minimum atomic E-state index is -0.0134. The Balaban J connectivity index is 0.00000222. The summed E-state index contributed by atoms with van der Waals surface area (Å²) in [6.45, 7) is 8.27. The highest BCUT2D eigenvalue weighted by atomic mass is 16.5. The Labute approximate surface area is 214 Å². The van der Waals surface area contributed by atoms with Crippen molar-refractivity contribution in [1.29, 1.82) is 0 Å². The third kappa shape index (κ3) is 9.47. The topological polar surface area (TPSA) is 93.9 Å². The third-order valence-corrected chi connectivity index (χ3v) is 5.72. The van der Waals surface area contributed by atoms with E-state index in [2.05, 4.69) is 38.2 Å². The van der Waals surface area contributed by atoms with E-state index >= 15 is 0 Å². The lowest BCUT2D eigenvalue weighted by atomic mass is 9.91. The van der Waals surface area contributed by atoms with Crippen LogP contribution in [0, 0.1) is 5.92 Å². The highest BCUT2D eigenvalue weighted by molar-refractivity contribution is 6.69. The van der Waals surface area contributed by atoms with Crippen molar-refractivity contribution in [3.8, 4) is 0 Å². The van der Waals surface area contributed by atoms with Gasteiger partial charge < -0.3 is 24.3 Å². The van der Waals surface area contributed by atoms with Gasteiger partial charge >= 0.3 is 0 Å². The number of aliphatic imine (C=N–C) groups is 3. The predicted octanol–water partition coefficient (Wildman–Crippen LogP) is 3.44. The van der Waals surface area contributed by atoms with Crippen molar-refractivity contribution in [2.24, 2.45) is 20.9 Å². The van der Waals surface area contributed by atoms with Gasteiger partial charge in [-0.3, -0.25) is 15.0 Å². The summed E-state index contributed by atoms with van der Waals surface area (Å²) in [7, 11) is 3.42. The van der Waals surface area contributed by atoms with Crippen LogP contribution in [0.3, 0.4) is 0 Å². The van der Waals surface area contributed by atoms with Gasteiger partial charge in [0.05, 0.1) is 12.3 Å². The standard InChI is InChI=1S/C27H36N4O3.CH2O/c1-4-14-31-25(26(28-2)27(29-3)34-20-24-19-30-15-18-33-24)11-9-21-6-5-7-22(10-8-21)23-12-16-32-17-13-23;1-2/h4-6,8-11,14,23-24,30H,12-13,15-20H2,1-3H3;1H2/b11-9+,14-4?,28-26?,29-27?,31-25?;/t24-;/m0./s1. The molecule has 3 aliphatic rings. The quantitative estimate of drug-likeness (QED) is 0.317. The first-order valence-corrected chi connectivity index (χ1v) is 12.2. The summed E-state index contributed by atoms with van der Waals surface area (Å²) >= 11 is 0. The number of nitrogens with zero attached hydrogens (tertiary/aromatic N) is 3. The molecule has 8 nitrogen and oxygen atoms in total. The smallest absolute Gasteiger partial charge is 0.236 e. The molecule has 1 atom stereocenters. The zero-order valence-electron chi connectivity index (χ0n) is 21.6. The van der Waals surface area contributed by atoms with Crippen molar-refractivity contribution in [2.45, 2.75) is 25.9 Å². The normalized spacial score (nSPS) is 22.2. The van der Waals surface area contributed by atoms with Crippen LogP contribution in [0.5, 0.6) is 0 Å². The lowest BCUT2D eigenvalue weighted by molar-refractivity contribution is -0.0980. The van der Waals surface area contributed by atoms with Crippen molar-refractivity contribution < 1.29 is 19.0 Å². The van der Waals surface area contributed by atoms with Gasteiger partial charge in [-0.1, -0.05) is 24.3 Å². The first-order chi connectivity index (χ1) is 17.7. The number of hydrogen-bond donors (Lipinski definition) is 1. The van der Waals surface area contributed by atoms with Gasteiger partial charge in [-0.15, -0.1) is 5.73 Å². The largest absolute Gasteiger partial charge is 0.474 e. The monoisotopic (exact) mass is 494 g/mol. The average Bonchev–Trinajstić information content (AvgIpc) is 3.19. The van der Waals surface area contributed by atoms with E-state index in [1.165, 1.54) is 5.57 Å². The molecule has 0 bridgehead atoms. The maximum absolute atomic E-state index is 8.00. The minimum Gasteiger partial charge on any atom is -0.474 e. The molecule has 194 valence electrons. The number of allylic oxidation sites excluding steroid dienone is 8. The van der Waals surface area contributed by atoms with Crippen LogP contribution in [0.4, 0.5) is 0 Å². The number of ether oxygens (including phenoxy) is 3. The van der Waals surface area contributed by atoms with Crippen LogP contribution in [0.15, 0.2) is 80.6 Å². The number of carbonyl (C=O) groups excluding carboxylic acids is 1. The van der Waals surface area contributed by atoms with Gasteiger partial charge in [0.15, 0.2) is 0 Å². The molecule has 0 amide bonds. The van der Waals surface area contributed by atoms with Crippen molar-refractivity contribution in [3.63, 3.8) is 0 Å². The third-order valence-electron chi connectivity index (χ3n) is 5.72. The van der Waals surface area contributed by atoms with E-state index in [9.17, 15) is 0 Å². The van der Waals surface area contributed by atoms with Gasteiger partial charge in [-0.05, 0) is 55.1 Å². The zero-order valence-corrected chi connectivity index (χ0v) is 21.6. The van der Waals surface area contributed by atoms with Crippen molar-refractivity contribution in [1.82, 2.24) is 5.32 Å². The molecule has 0 spiro atoms. The lowest BCUT2D eigenvalue weighted by Gasteiger charge is -2.24. The fourth-order valence-corrected chi connectivity index (χ4v) is 3.87. The number of nitrogens with one attached hydrogen (secondary N) is 1. The van der Waals surface area contributed by atoms with E-state index in [1.807, 2.05) is 44.1 Å². The predicted molar refractivity (Wildman–Crippen MR) is 146 cm³/mol. The molecule has 0 radical (unpaired) electrons. The van der Waals surface area contributed by atoms with E-state index in [0.717, 1.165) is 44.7 Å². The summed E-state index contributed by atoms with van der Waals surface area (Å²) in [5, 5.41) is 3.31. The van der Waals surface area contributed by atoms with Gasteiger partial charge in [-0.2, -0.15) is 0 Å². The summed E-state index contributed by atoms with van der Waals surface area (Å²) in [5.41, 5.74) is 6.98. The van der Waals surface area contributed by atoms with Gasteiger partial charge in [0.25, 0.3) is 0 Å². The van der Waals surface area contributed by atoms with Crippen LogP contribution >= 0.6 is 0 Å². The fraction of sp³-hybridized carbons (Fsp3) is 0.464. The van der Waals surface area contributed by atoms with Crippen molar-refractivity contribution >= 4 is 24.1 Å². The molecule has 8 heteroatoms. The number of hydrogen-bond acceptors (Lipinski definition) is 8. The summed E-state index contributed by atoms with van der Waals surface area (Å²) in [6, 6.07) is 0. The molecule has 2 fully saturated rings. The molecule has 2 heterocycles. The number of morpholine rings is 1. The Morgan fingerprint density at radius 1 is 1.22 bits per heavy atom. The Kier molecular flexibility index (Phi) is 14.0. The van der Waals surface area contributed by atoms with E-state index in [0.29, 0.717) is 36.5 Å². The van der Waals surface area contributed by atoms with E-state index in [4.69, 9.17) is 19.0 Å². The van der Waals surface area contributed by atoms with Gasteiger partial charge in [0.2, 0.25) is 5.90 Å². The second-order valence-electron chi connectivity index (χ2n) is 8.09. The lowest BCUT2D eigenvalue weighted by Crippen LogP contribution is -2.42. The first-order valence-electron chi connectivity index (χ1n) is 12.2. The number of rotatable bonds is 8.